The fourth-order valence-corrected chi connectivity index (χ4v) is 2.39. The molecule has 0 saturated carbocycles. The fourth-order valence-electron chi connectivity index (χ4n) is 2.14. The predicted octanol–water partition coefficient (Wildman–Crippen LogP) is 2.62. The quantitative estimate of drug-likeness (QED) is 0.696. The maximum Gasteiger partial charge on any atom is 0.229 e. The van der Waals surface area contributed by atoms with E-state index in [1.807, 2.05) is 0 Å². The molecule has 1 aromatic carbocycles. The minimum atomic E-state index is -0.549. The van der Waals surface area contributed by atoms with Crippen LogP contribution in [0.3, 0.4) is 0 Å². The summed E-state index contributed by atoms with van der Waals surface area (Å²) in [6.45, 7) is 1.27. The molecular weight excluding hydrogens is 284 g/mol. The third-order valence-electron chi connectivity index (χ3n) is 3.12. The fraction of sp³-hybridized carbons (Fsp3) is 0.0714. The first-order valence-corrected chi connectivity index (χ1v) is 6.05. The summed E-state index contributed by atoms with van der Waals surface area (Å²) in [7, 11) is 0. The van der Waals surface area contributed by atoms with Crippen LogP contribution >= 0.6 is 11.6 Å². The molecule has 1 aliphatic rings. The lowest BCUT2D eigenvalue weighted by atomic mass is 9.88. The van der Waals surface area contributed by atoms with Gasteiger partial charge in [0.1, 0.15) is 5.75 Å². The Labute approximate surface area is 117 Å². The van der Waals surface area contributed by atoms with Crippen LogP contribution in [-0.4, -0.2) is 22.5 Å². The van der Waals surface area contributed by atoms with Crippen LogP contribution in [0.25, 0.3) is 0 Å². The van der Waals surface area contributed by atoms with Gasteiger partial charge < -0.3 is 9.52 Å². The van der Waals surface area contributed by atoms with Crippen LogP contribution in [-0.2, 0) is 0 Å². The average molecular weight is 291 g/mol. The van der Waals surface area contributed by atoms with Gasteiger partial charge in [0.2, 0.25) is 5.78 Å². The van der Waals surface area contributed by atoms with Gasteiger partial charge in [-0.25, -0.2) is 0 Å². The number of ketones is 3. The molecule has 3 rings (SSSR count). The molecule has 1 N–H and O–H groups in total. The molecule has 0 bridgehead atoms. The number of Topliss-reactive ketones (excluding diaryl/α,β-unsaturated/α-hetero) is 1. The number of fused-ring (bicyclic) bond motifs is 2. The smallest absolute Gasteiger partial charge is 0.229 e. The van der Waals surface area contributed by atoms with E-state index in [4.69, 9.17) is 16.0 Å². The van der Waals surface area contributed by atoms with Crippen LogP contribution < -0.4 is 0 Å². The van der Waals surface area contributed by atoms with E-state index in [0.29, 0.717) is 0 Å². The van der Waals surface area contributed by atoms with Gasteiger partial charge in [-0.15, -0.1) is 0 Å². The largest absolute Gasteiger partial charge is 0.506 e. The van der Waals surface area contributed by atoms with Crippen molar-refractivity contribution in [1.29, 1.82) is 0 Å². The zero-order chi connectivity index (χ0) is 14.6. The number of phenols is 1. The van der Waals surface area contributed by atoms with E-state index in [0.717, 1.165) is 0 Å². The number of hydrogen-bond donors (Lipinski definition) is 1. The minimum absolute atomic E-state index is 0.0137. The van der Waals surface area contributed by atoms with Crippen LogP contribution in [0.15, 0.2) is 22.6 Å². The van der Waals surface area contributed by atoms with Gasteiger partial charge in [-0.3, -0.25) is 14.4 Å². The Morgan fingerprint density at radius 3 is 2.55 bits per heavy atom. The SMILES string of the molecule is CC(=O)c1cc2c(o1)C(=O)c1ccc(O)c(Cl)c1C2=O. The van der Waals surface area contributed by atoms with Gasteiger partial charge in [0.05, 0.1) is 16.1 Å². The Bertz CT molecular complexity index is 800. The van der Waals surface area contributed by atoms with Gasteiger partial charge in [-0.1, -0.05) is 11.6 Å². The normalized spacial score (nSPS) is 13.1. The summed E-state index contributed by atoms with van der Waals surface area (Å²) in [5.41, 5.74) is -0.0324. The zero-order valence-electron chi connectivity index (χ0n) is 10.2. The number of rotatable bonds is 1. The van der Waals surface area contributed by atoms with Crippen LogP contribution in [0.5, 0.6) is 5.75 Å². The minimum Gasteiger partial charge on any atom is -0.506 e. The second kappa shape index (κ2) is 4.05. The molecule has 0 amide bonds. The van der Waals surface area contributed by atoms with Gasteiger partial charge in [-0.2, -0.15) is 0 Å². The number of aromatic hydroxyl groups is 1. The highest BCUT2D eigenvalue weighted by molar-refractivity contribution is 6.40. The molecule has 0 spiro atoms. The van der Waals surface area contributed by atoms with E-state index in [2.05, 4.69) is 0 Å². The molecule has 20 heavy (non-hydrogen) atoms. The zero-order valence-corrected chi connectivity index (χ0v) is 10.9. The van der Waals surface area contributed by atoms with E-state index in [9.17, 15) is 19.5 Å². The van der Waals surface area contributed by atoms with E-state index in [-0.39, 0.29) is 39.0 Å². The van der Waals surface area contributed by atoms with Crippen LogP contribution in [0.1, 0.15) is 49.5 Å². The maximum atomic E-state index is 12.3. The van der Waals surface area contributed by atoms with Crippen molar-refractivity contribution in [1.82, 2.24) is 0 Å². The van der Waals surface area contributed by atoms with Crippen molar-refractivity contribution in [2.45, 2.75) is 6.92 Å². The molecule has 1 aromatic heterocycles. The molecule has 0 fully saturated rings. The summed E-state index contributed by atoms with van der Waals surface area (Å²) < 4.78 is 5.15. The molecule has 0 atom stereocenters. The Morgan fingerprint density at radius 2 is 1.90 bits per heavy atom. The Balaban J connectivity index is 2.31. The molecule has 0 aliphatic heterocycles. The number of phenolic OH excluding ortho intramolecular Hbond substituents is 1. The summed E-state index contributed by atoms with van der Waals surface area (Å²) in [4.78, 5) is 35.9. The summed E-state index contributed by atoms with van der Waals surface area (Å²) in [5.74, 6) is -2.00. The molecule has 0 unspecified atom stereocenters. The lowest BCUT2D eigenvalue weighted by Crippen LogP contribution is -2.19. The first-order chi connectivity index (χ1) is 9.41. The van der Waals surface area contributed by atoms with Crippen molar-refractivity contribution in [3.05, 3.63) is 51.4 Å². The highest BCUT2D eigenvalue weighted by Gasteiger charge is 2.36. The van der Waals surface area contributed by atoms with E-state index < -0.39 is 17.3 Å². The second-order valence-electron chi connectivity index (χ2n) is 4.39. The highest BCUT2D eigenvalue weighted by atomic mass is 35.5. The third-order valence-corrected chi connectivity index (χ3v) is 3.51. The molecule has 1 aliphatic carbocycles. The standard InChI is InChI=1S/C14H7ClO5/c1-5(16)9-4-7-12(18)10-6(13(19)14(7)20-9)2-3-8(17)11(10)15/h2-4,17H,1H3. The summed E-state index contributed by atoms with van der Waals surface area (Å²) in [5, 5.41) is 9.36. The Hall–Kier alpha value is -2.40. The number of halogens is 1. The molecule has 1 heterocycles. The van der Waals surface area contributed by atoms with Crippen molar-refractivity contribution in [2.24, 2.45) is 0 Å². The number of furan rings is 1. The van der Waals surface area contributed by atoms with Gasteiger partial charge >= 0.3 is 0 Å². The second-order valence-corrected chi connectivity index (χ2v) is 4.77. The predicted molar refractivity (Wildman–Crippen MR) is 68.7 cm³/mol. The summed E-state index contributed by atoms with van der Waals surface area (Å²) in [6, 6.07) is 3.75. The van der Waals surface area contributed by atoms with E-state index in [1.54, 1.807) is 0 Å². The molecule has 6 heteroatoms. The van der Waals surface area contributed by atoms with Gasteiger partial charge in [-0.05, 0) is 18.2 Å². The molecule has 0 saturated heterocycles. The number of carbonyl (C=O) groups excluding carboxylic acids is 3. The van der Waals surface area contributed by atoms with E-state index >= 15 is 0 Å². The number of benzene rings is 1. The van der Waals surface area contributed by atoms with Crippen molar-refractivity contribution < 1.29 is 23.9 Å². The first kappa shape index (κ1) is 12.6. The monoisotopic (exact) mass is 290 g/mol. The summed E-state index contributed by atoms with van der Waals surface area (Å²) >= 11 is 5.89. The van der Waals surface area contributed by atoms with Gasteiger partial charge in [0.15, 0.2) is 23.1 Å². The van der Waals surface area contributed by atoms with E-state index in [1.165, 1.54) is 25.1 Å². The van der Waals surface area contributed by atoms with Crippen LogP contribution in [0.4, 0.5) is 0 Å². The average Bonchev–Trinajstić information content (AvgIpc) is 2.85. The molecular formula is C14H7ClO5. The van der Waals surface area contributed by atoms with Crippen molar-refractivity contribution in [2.75, 3.05) is 0 Å². The summed E-state index contributed by atoms with van der Waals surface area (Å²) in [6.07, 6.45) is 0. The Morgan fingerprint density at radius 1 is 1.20 bits per heavy atom. The maximum absolute atomic E-state index is 12.3. The third kappa shape index (κ3) is 1.53. The van der Waals surface area contributed by atoms with Crippen LogP contribution in [0, 0.1) is 0 Å². The lowest BCUT2D eigenvalue weighted by Gasteiger charge is -2.14. The first-order valence-electron chi connectivity index (χ1n) is 5.67. The molecule has 0 radical (unpaired) electrons. The van der Waals surface area contributed by atoms with Crippen molar-refractivity contribution in [3.8, 4) is 5.75 Å². The number of carbonyl (C=O) groups is 3. The van der Waals surface area contributed by atoms with Crippen molar-refractivity contribution in [3.63, 3.8) is 0 Å². The highest BCUT2D eigenvalue weighted by Crippen LogP contribution is 2.37. The van der Waals surface area contributed by atoms with Gasteiger partial charge in [0.25, 0.3) is 0 Å². The van der Waals surface area contributed by atoms with Crippen LogP contribution in [0.2, 0.25) is 5.02 Å². The lowest BCUT2D eigenvalue weighted by molar-refractivity contribution is 0.0947. The molecule has 2 aromatic rings. The molecule has 100 valence electrons. The van der Waals surface area contributed by atoms with Gasteiger partial charge in [0, 0.05) is 12.5 Å². The van der Waals surface area contributed by atoms with Crippen molar-refractivity contribution >= 4 is 29.0 Å². The topological polar surface area (TPSA) is 84.6 Å². The molecule has 5 nitrogen and oxygen atoms in total. The Kier molecular flexibility index (Phi) is 2.55. The number of hydrogen-bond acceptors (Lipinski definition) is 5.